The van der Waals surface area contributed by atoms with Crippen molar-refractivity contribution in [2.75, 3.05) is 34.7 Å². The Kier molecular flexibility index (Phi) is 46.0. The SMILES string of the molecule is CC[C@H](C)[C@H](N)C(=O)N(C)[C@H](C[C@H](OC(C)=O)c1nc(C(=O)N[C@@H](Cc2ccccc2)C[C@H](C)C(C)=O)cs1)C(C)C.CC[C@H](C)[C@H](NC(=O)[C@H]1CCCCN1C)C(=O)N(C)[C@H](C[C@H](OC(C)=O)c1nc(C(=O)N[C@@H](Cc2ccccc2)C[C@H](C)C(C)=O)cs1)C(C)C.CN[C@H](C[C@H](OC(C)=O)c1nc(C(=O)N[C@@H](Cc2ccccc2)C[C@H](C)C(=O)O)cs1)C(C)C. The zero-order valence-corrected chi connectivity index (χ0v) is 81.1. The van der Waals surface area contributed by atoms with Crippen molar-refractivity contribution < 1.29 is 76.9 Å². The molecule has 127 heavy (non-hydrogen) atoms. The summed E-state index contributed by atoms with van der Waals surface area (Å²) in [5, 5.41) is 31.2. The van der Waals surface area contributed by atoms with Crippen LogP contribution in [0, 0.1) is 47.3 Å². The number of ether oxygens (including phenoxy) is 3. The lowest BCUT2D eigenvalue weighted by Crippen LogP contribution is -2.58. The maximum absolute atomic E-state index is 14.2. The Labute approximate surface area is 764 Å². The number of likely N-dealkylation sites (N-methyl/N-ethyl adjacent to an activating group) is 3. The predicted molar refractivity (Wildman–Crippen MR) is 498 cm³/mol. The zero-order valence-electron chi connectivity index (χ0n) is 78.6. The average molecular weight is 1820 g/mol. The van der Waals surface area contributed by atoms with Gasteiger partial charge in [-0.25, -0.2) is 15.0 Å². The van der Waals surface area contributed by atoms with Gasteiger partial charge in [-0.05, 0) is 132 Å². The minimum atomic E-state index is -0.906. The Bertz CT molecular complexity index is 4470. The lowest BCUT2D eigenvalue weighted by molar-refractivity contribution is -0.150. The number of Topliss-reactive ketones (excluding diaryl/α,β-unsaturated/α-hetero) is 2. The molecule has 8 N–H and O–H groups in total. The molecule has 7 rings (SSSR count). The Morgan fingerprint density at radius 1 is 0.480 bits per heavy atom. The molecule has 6 amide bonds. The molecule has 3 aromatic carbocycles. The van der Waals surface area contributed by atoms with E-state index >= 15 is 0 Å². The first kappa shape index (κ1) is 108. The molecule has 28 nitrogen and oxygen atoms in total. The van der Waals surface area contributed by atoms with E-state index in [9.17, 15) is 62.6 Å². The lowest BCUT2D eigenvalue weighted by atomic mass is 9.92. The number of aliphatic carboxylic acids is 1. The number of nitrogens with one attached hydrogen (secondary N) is 5. The second kappa shape index (κ2) is 54.1. The van der Waals surface area contributed by atoms with Gasteiger partial charge in [-0.2, -0.15) is 0 Å². The monoisotopic (exact) mass is 1810 g/mol. The molecule has 0 spiro atoms. The summed E-state index contributed by atoms with van der Waals surface area (Å²) in [6.45, 7) is 33.4. The highest BCUT2D eigenvalue weighted by Crippen LogP contribution is 2.35. The molecule has 31 heteroatoms. The molecule has 0 saturated carbocycles. The van der Waals surface area contributed by atoms with Gasteiger partial charge in [-0.15, -0.1) is 34.0 Å². The number of esters is 3. The number of hydrogen-bond donors (Lipinski definition) is 7. The molecule has 1 aliphatic rings. The van der Waals surface area contributed by atoms with Gasteiger partial charge in [0.25, 0.3) is 17.7 Å². The van der Waals surface area contributed by atoms with Crippen LogP contribution in [0.3, 0.4) is 0 Å². The molecule has 1 saturated heterocycles. The third kappa shape index (κ3) is 35.8. The predicted octanol–water partition coefficient (Wildman–Crippen LogP) is 14.4. The number of carboxylic acids is 1. The van der Waals surface area contributed by atoms with Crippen molar-refractivity contribution in [3.05, 3.63) is 156 Å². The number of carbonyl (C=O) groups excluding carboxylic acids is 11. The minimum Gasteiger partial charge on any atom is -0.481 e. The van der Waals surface area contributed by atoms with Gasteiger partial charge in [0, 0.05) is 118 Å². The quantitative estimate of drug-likeness (QED) is 0.0138. The van der Waals surface area contributed by atoms with E-state index < -0.39 is 60.2 Å². The number of carbonyl (C=O) groups is 12. The van der Waals surface area contributed by atoms with E-state index in [0.29, 0.717) is 78.7 Å². The van der Waals surface area contributed by atoms with Gasteiger partial charge in [0.2, 0.25) is 17.7 Å². The van der Waals surface area contributed by atoms with Crippen LogP contribution >= 0.6 is 34.0 Å². The van der Waals surface area contributed by atoms with Crippen LogP contribution in [-0.2, 0) is 76.6 Å². The van der Waals surface area contributed by atoms with Gasteiger partial charge in [0.05, 0.1) is 18.0 Å². The Balaban J connectivity index is 0.000000345. The third-order valence-corrected chi connectivity index (χ3v) is 26.7. The summed E-state index contributed by atoms with van der Waals surface area (Å²) >= 11 is 3.73. The van der Waals surface area contributed by atoms with Crippen LogP contribution in [0.15, 0.2) is 107 Å². The minimum absolute atomic E-state index is 0.0282. The van der Waals surface area contributed by atoms with Crippen molar-refractivity contribution >= 4 is 105 Å². The fourth-order valence-electron chi connectivity index (χ4n) is 15.4. The van der Waals surface area contributed by atoms with Crippen molar-refractivity contribution in [2.24, 2.45) is 53.1 Å². The number of ketones is 2. The lowest BCUT2D eigenvalue weighted by Gasteiger charge is -2.38. The van der Waals surface area contributed by atoms with Gasteiger partial charge in [-0.1, -0.05) is 200 Å². The van der Waals surface area contributed by atoms with Crippen molar-refractivity contribution in [1.82, 2.24) is 56.2 Å². The second-order valence-corrected chi connectivity index (χ2v) is 37.9. The van der Waals surface area contributed by atoms with Crippen molar-refractivity contribution in [2.45, 2.75) is 287 Å². The number of benzene rings is 3. The fraction of sp³-hybridized carbons (Fsp3) is 0.594. The highest BCUT2D eigenvalue weighted by molar-refractivity contribution is 7.10. The average Bonchev–Trinajstić information content (AvgIpc) is 1.76. The van der Waals surface area contributed by atoms with E-state index in [1.54, 1.807) is 60.8 Å². The third-order valence-electron chi connectivity index (χ3n) is 23.9. The summed E-state index contributed by atoms with van der Waals surface area (Å²) in [5.74, 6) is -4.54. The summed E-state index contributed by atoms with van der Waals surface area (Å²) < 4.78 is 17.0. The molecule has 6 aromatic rings. The number of nitrogens with two attached hydrogens (primary N) is 1. The molecular formula is C96H142N12O16S3. The van der Waals surface area contributed by atoms with Gasteiger partial charge >= 0.3 is 23.9 Å². The van der Waals surface area contributed by atoms with Crippen molar-refractivity contribution in [1.29, 1.82) is 0 Å². The van der Waals surface area contributed by atoms with E-state index in [1.807, 2.05) is 174 Å². The first-order valence-electron chi connectivity index (χ1n) is 44.6. The van der Waals surface area contributed by atoms with E-state index in [4.69, 9.17) is 19.9 Å². The van der Waals surface area contributed by atoms with Crippen LogP contribution in [0.1, 0.15) is 277 Å². The van der Waals surface area contributed by atoms with Crippen LogP contribution in [0.5, 0.6) is 0 Å². The van der Waals surface area contributed by atoms with Crippen molar-refractivity contribution in [3.63, 3.8) is 0 Å². The highest BCUT2D eigenvalue weighted by Gasteiger charge is 2.40. The Hall–Kier alpha value is -9.53. The van der Waals surface area contributed by atoms with Crippen molar-refractivity contribution in [3.8, 4) is 0 Å². The number of aromatic nitrogens is 3. The van der Waals surface area contributed by atoms with Gasteiger partial charge in [0.1, 0.15) is 49.7 Å². The van der Waals surface area contributed by atoms with Crippen LogP contribution in [0.2, 0.25) is 0 Å². The van der Waals surface area contributed by atoms with Gasteiger partial charge < -0.3 is 61.4 Å². The number of thiazole rings is 3. The molecule has 4 heterocycles. The maximum atomic E-state index is 14.2. The Morgan fingerprint density at radius 2 is 0.827 bits per heavy atom. The topological polar surface area (TPSA) is 387 Å². The van der Waals surface area contributed by atoms with Crippen LogP contribution in [0.4, 0.5) is 0 Å². The smallest absolute Gasteiger partial charge is 0.306 e. The molecule has 700 valence electrons. The highest BCUT2D eigenvalue weighted by atomic mass is 32.1. The number of hydrogen-bond acceptors (Lipinski definition) is 24. The Morgan fingerprint density at radius 3 is 1.13 bits per heavy atom. The first-order chi connectivity index (χ1) is 60.0. The van der Waals surface area contributed by atoms with Crippen LogP contribution < -0.4 is 32.3 Å². The molecule has 0 radical (unpaired) electrons. The van der Waals surface area contributed by atoms with E-state index in [2.05, 4.69) is 60.3 Å². The molecule has 1 fully saturated rings. The summed E-state index contributed by atoms with van der Waals surface area (Å²) in [7, 11) is 7.28. The molecule has 3 aromatic heterocycles. The van der Waals surface area contributed by atoms with E-state index in [1.165, 1.54) is 54.8 Å². The van der Waals surface area contributed by atoms with Crippen LogP contribution in [0.25, 0.3) is 0 Å². The van der Waals surface area contributed by atoms with Gasteiger partial charge in [0.15, 0.2) is 18.3 Å². The molecule has 1 aliphatic heterocycles. The number of amides is 6. The number of carboxylic acid groups (broad SMARTS) is 1. The molecule has 0 bridgehead atoms. The molecule has 17 atom stereocenters. The zero-order chi connectivity index (χ0) is 94.6. The number of nitrogens with zero attached hydrogens (tertiary/aromatic N) is 6. The molecule has 0 unspecified atom stereocenters. The van der Waals surface area contributed by atoms with Gasteiger partial charge in [-0.3, -0.25) is 62.4 Å². The number of piperidine rings is 1. The largest absolute Gasteiger partial charge is 0.481 e. The fourth-order valence-corrected chi connectivity index (χ4v) is 17.9. The second-order valence-electron chi connectivity index (χ2n) is 35.2. The summed E-state index contributed by atoms with van der Waals surface area (Å²) in [6, 6.07) is 26.1. The van der Waals surface area contributed by atoms with E-state index in [-0.39, 0.29) is 148 Å². The number of rotatable bonds is 47. The number of likely N-dealkylation sites (tertiary alicyclic amines) is 1. The maximum Gasteiger partial charge on any atom is 0.306 e. The molecular weight excluding hydrogens is 1670 g/mol. The summed E-state index contributed by atoms with van der Waals surface area (Å²) in [6.07, 6.45) is 6.20. The normalized spacial score (nSPS) is 16.6. The standard InChI is InChI=1S/C39H59N5O6S.C32H48N4O5S.C25H35N3O5S/c1-10-25(4)35(42-37(48)32-18-14-15-19-43(32)8)39(49)44(9)33(24(2)3)22-34(50-28(7)46)38-41-31(23-51-38)36(47)40-30(20-26(5)27(6)45)21-29-16-12-11-13-17-29;1-9-20(4)29(33)32(40)36(8)27(19(2)3)17-28(41-23(7)38)31-35-26(18-42-31)30(39)34-25(15-21(5)22(6)37)16-24-13-11-10-12-14-24;1-15(2)20(26-5)13-22(33-17(4)29)24-28-21(14-34-24)23(30)27-19(11-16(3)25(31)32)12-18-9-7-6-8-10-18/h11-13,16-17,23-26,30,32-35H,10,14-15,18-22H2,1-9H3,(H,40,47)(H,42,48);10-14,18-21,25,27-29H,9,15-17,33H2,1-8H3,(H,34,39);6-10,14-16,19-20,22,26H,11-13H2,1-5H3,(H,27,30)(H,31,32)/t25-,26-,30+,32+,33+,34-,35-;20-,21-,25+,27+,28-,29-;16-,19+,20+,22-/m000/s1. The summed E-state index contributed by atoms with van der Waals surface area (Å²) in [4.78, 5) is 171. The molecule has 0 aliphatic carbocycles. The summed E-state index contributed by atoms with van der Waals surface area (Å²) in [5.41, 5.74) is 9.99. The van der Waals surface area contributed by atoms with Crippen LogP contribution in [-0.4, -0.2) is 195 Å². The first-order valence-corrected chi connectivity index (χ1v) is 47.2. The van der Waals surface area contributed by atoms with E-state index in [0.717, 1.165) is 48.9 Å².